The molecule has 0 aliphatic carbocycles. The number of nitrogens with zero attached hydrogens (tertiary/aromatic N) is 3. The van der Waals surface area contributed by atoms with Crippen LogP contribution in [0.3, 0.4) is 0 Å². The Morgan fingerprint density at radius 2 is 1.14 bits per heavy atom. The van der Waals surface area contributed by atoms with Gasteiger partial charge in [0.25, 0.3) is 0 Å². The van der Waals surface area contributed by atoms with Gasteiger partial charge in [0.05, 0.1) is 17.0 Å². The third kappa shape index (κ3) is 4.49. The molecule has 0 unspecified atom stereocenters. The maximum atomic E-state index is 10.6. The number of benzene rings is 5. The number of hydrogen-bond donors (Lipinski definition) is 0. The predicted molar refractivity (Wildman–Crippen MR) is 171 cm³/mol. The number of fused-ring (bicyclic) bond motifs is 2. The molecule has 0 radical (unpaired) electrons. The van der Waals surface area contributed by atoms with Gasteiger partial charge in [-0.3, -0.25) is 0 Å². The molecule has 0 N–H and O–H groups in total. The minimum atomic E-state index is -0.342. The molecule has 2 heterocycles. The van der Waals surface area contributed by atoms with Gasteiger partial charge in [-0.25, -0.2) is 9.97 Å². The number of rotatable bonds is 4. The van der Waals surface area contributed by atoms with E-state index in [0.717, 1.165) is 44.1 Å². The second-order valence-electron chi connectivity index (χ2n) is 11.0. The van der Waals surface area contributed by atoms with Crippen LogP contribution in [0, 0.1) is 11.3 Å². The van der Waals surface area contributed by atoms with Crippen molar-refractivity contribution in [2.24, 2.45) is 0 Å². The lowest BCUT2D eigenvalue weighted by molar-refractivity contribution is 0.605. The molecule has 42 heavy (non-hydrogen) atoms. The van der Waals surface area contributed by atoms with E-state index in [0.29, 0.717) is 11.4 Å². The van der Waals surface area contributed by atoms with E-state index in [1.54, 1.807) is 11.8 Å². The lowest BCUT2D eigenvalue weighted by Crippen LogP contribution is -2.25. The summed E-state index contributed by atoms with van der Waals surface area (Å²) in [5, 5.41) is 10.6. The van der Waals surface area contributed by atoms with Gasteiger partial charge in [-0.15, -0.1) is 0 Å². The van der Waals surface area contributed by atoms with Crippen LogP contribution in [0.4, 0.5) is 0 Å². The SMILES string of the molecule is CC1(C)c2ccccc2Sc2ccc(-c3nc(-c4ccccc4)cc(-c4ccc(-c5ccccc5)cc4)n3)c(C#N)c21. The van der Waals surface area contributed by atoms with Gasteiger partial charge in [0.2, 0.25) is 0 Å². The summed E-state index contributed by atoms with van der Waals surface area (Å²) in [6, 6.07) is 46.2. The average molecular weight is 558 g/mol. The molecule has 1 aliphatic heterocycles. The molecule has 1 aliphatic rings. The first kappa shape index (κ1) is 26.0. The fourth-order valence-corrected chi connectivity index (χ4v) is 7.27. The topological polar surface area (TPSA) is 49.6 Å². The molecule has 4 heteroatoms. The Balaban J connectivity index is 1.40. The Bertz CT molecular complexity index is 1970. The van der Waals surface area contributed by atoms with E-state index in [-0.39, 0.29) is 5.41 Å². The Morgan fingerprint density at radius 1 is 0.595 bits per heavy atom. The third-order valence-corrected chi connectivity index (χ3v) is 9.14. The number of hydrogen-bond acceptors (Lipinski definition) is 4. The van der Waals surface area contributed by atoms with Crippen LogP contribution in [0.15, 0.2) is 137 Å². The van der Waals surface area contributed by atoms with Gasteiger partial charge in [-0.05, 0) is 46.5 Å². The lowest BCUT2D eigenvalue weighted by Gasteiger charge is -2.35. The molecule has 0 saturated carbocycles. The number of aromatic nitrogens is 2. The zero-order valence-corrected chi connectivity index (χ0v) is 24.2. The fourth-order valence-electron chi connectivity index (χ4n) is 5.85. The molecule has 0 amide bonds. The van der Waals surface area contributed by atoms with E-state index in [1.807, 2.05) is 36.4 Å². The Hall–Kier alpha value is -4.98. The molecule has 0 atom stereocenters. The molecule has 3 nitrogen and oxygen atoms in total. The van der Waals surface area contributed by atoms with Crippen molar-refractivity contribution in [3.05, 3.63) is 144 Å². The lowest BCUT2D eigenvalue weighted by atomic mass is 9.75. The van der Waals surface area contributed by atoms with Crippen molar-refractivity contribution in [1.82, 2.24) is 9.97 Å². The highest BCUT2D eigenvalue weighted by atomic mass is 32.2. The van der Waals surface area contributed by atoms with Gasteiger partial charge in [0, 0.05) is 31.9 Å². The molecule has 7 rings (SSSR count). The van der Waals surface area contributed by atoms with E-state index < -0.39 is 0 Å². The summed E-state index contributed by atoms with van der Waals surface area (Å²) in [4.78, 5) is 12.5. The summed E-state index contributed by atoms with van der Waals surface area (Å²) in [5.41, 5.74) is 9.28. The highest BCUT2D eigenvalue weighted by Crippen LogP contribution is 2.51. The Kier molecular flexibility index (Phi) is 6.46. The summed E-state index contributed by atoms with van der Waals surface area (Å²) >= 11 is 1.73. The van der Waals surface area contributed by atoms with Crippen molar-refractivity contribution >= 4 is 11.8 Å². The van der Waals surface area contributed by atoms with Crippen molar-refractivity contribution < 1.29 is 0 Å². The zero-order chi connectivity index (χ0) is 28.7. The van der Waals surface area contributed by atoms with E-state index in [1.165, 1.54) is 16.0 Å². The van der Waals surface area contributed by atoms with Gasteiger partial charge in [-0.2, -0.15) is 5.26 Å². The molecule has 0 fully saturated rings. The highest BCUT2D eigenvalue weighted by molar-refractivity contribution is 7.99. The molecular formula is C38H27N3S. The van der Waals surface area contributed by atoms with Crippen LogP contribution in [0.1, 0.15) is 30.5 Å². The van der Waals surface area contributed by atoms with Gasteiger partial charge < -0.3 is 0 Å². The largest absolute Gasteiger partial charge is 0.228 e. The first-order valence-corrected chi connectivity index (χ1v) is 14.8. The van der Waals surface area contributed by atoms with Crippen LogP contribution in [0.25, 0.3) is 45.0 Å². The minimum absolute atomic E-state index is 0.342. The smallest absolute Gasteiger partial charge is 0.161 e. The molecule has 6 aromatic rings. The summed E-state index contributed by atoms with van der Waals surface area (Å²) < 4.78 is 0. The molecule has 0 spiro atoms. The third-order valence-electron chi connectivity index (χ3n) is 8.01. The summed E-state index contributed by atoms with van der Waals surface area (Å²) in [7, 11) is 0. The standard InChI is InChI=1S/C38H27N3S/c1-38(2)31-15-9-10-16-34(31)42-35-22-21-29(30(24-39)36(35)38)37-40-32(27-13-7-4-8-14-27)23-33(41-37)28-19-17-26(18-20-28)25-11-5-3-6-12-25/h3-23H,1-2H3. The molecule has 1 aromatic heterocycles. The highest BCUT2D eigenvalue weighted by Gasteiger charge is 2.36. The van der Waals surface area contributed by atoms with Crippen molar-refractivity contribution in [1.29, 1.82) is 5.26 Å². The van der Waals surface area contributed by atoms with Crippen LogP contribution >= 0.6 is 11.8 Å². The first-order chi connectivity index (χ1) is 20.5. The van der Waals surface area contributed by atoms with E-state index in [4.69, 9.17) is 9.97 Å². The fraction of sp³-hybridized carbons (Fsp3) is 0.0789. The minimum Gasteiger partial charge on any atom is -0.228 e. The second-order valence-corrected chi connectivity index (χ2v) is 12.1. The van der Waals surface area contributed by atoms with Crippen molar-refractivity contribution in [2.45, 2.75) is 29.1 Å². The Labute approximate surface area is 250 Å². The molecule has 5 aromatic carbocycles. The van der Waals surface area contributed by atoms with E-state index in [2.05, 4.69) is 111 Å². The molecule has 0 saturated heterocycles. The average Bonchev–Trinajstić information content (AvgIpc) is 3.05. The van der Waals surface area contributed by atoms with E-state index >= 15 is 0 Å². The second kappa shape index (κ2) is 10.4. The molecule has 200 valence electrons. The van der Waals surface area contributed by atoms with Crippen molar-refractivity contribution in [2.75, 3.05) is 0 Å². The summed E-state index contributed by atoms with van der Waals surface area (Å²) in [6.45, 7) is 4.41. The predicted octanol–water partition coefficient (Wildman–Crippen LogP) is 9.81. The van der Waals surface area contributed by atoms with Crippen molar-refractivity contribution in [3.8, 4) is 51.1 Å². The summed E-state index contributed by atoms with van der Waals surface area (Å²) in [5.74, 6) is 0.553. The van der Waals surface area contributed by atoms with Crippen molar-refractivity contribution in [3.63, 3.8) is 0 Å². The van der Waals surface area contributed by atoms with Gasteiger partial charge in [0.1, 0.15) is 6.07 Å². The number of nitriles is 1. The molecular weight excluding hydrogens is 531 g/mol. The maximum Gasteiger partial charge on any atom is 0.161 e. The quantitative estimate of drug-likeness (QED) is 0.216. The zero-order valence-electron chi connectivity index (χ0n) is 23.4. The maximum absolute atomic E-state index is 10.6. The van der Waals surface area contributed by atoms with Crippen LogP contribution in [0.2, 0.25) is 0 Å². The first-order valence-electron chi connectivity index (χ1n) is 14.0. The normalized spacial score (nSPS) is 13.1. The van der Waals surface area contributed by atoms with Gasteiger partial charge >= 0.3 is 0 Å². The Morgan fingerprint density at radius 3 is 1.81 bits per heavy atom. The van der Waals surface area contributed by atoms with E-state index in [9.17, 15) is 5.26 Å². The summed E-state index contributed by atoms with van der Waals surface area (Å²) in [6.07, 6.45) is 0. The van der Waals surface area contributed by atoms with Crippen LogP contribution in [0.5, 0.6) is 0 Å². The molecule has 0 bridgehead atoms. The van der Waals surface area contributed by atoms with Gasteiger partial charge in [0.15, 0.2) is 5.82 Å². The van der Waals surface area contributed by atoms with Crippen LogP contribution < -0.4 is 0 Å². The van der Waals surface area contributed by atoms with Gasteiger partial charge in [-0.1, -0.05) is 129 Å². The monoisotopic (exact) mass is 557 g/mol. The van der Waals surface area contributed by atoms with Crippen LogP contribution in [-0.4, -0.2) is 9.97 Å². The van der Waals surface area contributed by atoms with Crippen LogP contribution in [-0.2, 0) is 5.41 Å².